The van der Waals surface area contributed by atoms with Crippen molar-refractivity contribution in [1.29, 1.82) is 0 Å². The minimum Gasteiger partial charge on any atom is -0.399 e. The molecule has 0 saturated heterocycles. The second kappa shape index (κ2) is 5.21. The number of nitrogens with two attached hydrogens (primary N) is 1. The van der Waals surface area contributed by atoms with Gasteiger partial charge in [-0.25, -0.2) is 4.98 Å². The molecule has 1 aromatic heterocycles. The summed E-state index contributed by atoms with van der Waals surface area (Å²) < 4.78 is 0. The van der Waals surface area contributed by atoms with Crippen LogP contribution < -0.4 is 11.1 Å². The number of hydrogen-bond donors (Lipinski definition) is 2. The highest BCUT2D eigenvalue weighted by molar-refractivity contribution is 5.81. The number of rotatable bonds is 3. The van der Waals surface area contributed by atoms with Gasteiger partial charge in [-0.1, -0.05) is 30.3 Å². The average molecular weight is 263 g/mol. The van der Waals surface area contributed by atoms with Crippen LogP contribution in [0, 0.1) is 6.92 Å². The minimum absolute atomic E-state index is 0.719. The number of aryl methyl sites for hydroxylation is 1. The maximum Gasteiger partial charge on any atom is 0.129 e. The highest BCUT2D eigenvalue weighted by atomic mass is 15.0. The summed E-state index contributed by atoms with van der Waals surface area (Å²) in [4.78, 5) is 4.67. The van der Waals surface area contributed by atoms with Crippen LogP contribution in [0.5, 0.6) is 0 Å². The molecule has 3 rings (SSSR count). The molecule has 0 saturated carbocycles. The molecule has 0 fully saturated rings. The molecule has 0 radical (unpaired) electrons. The van der Waals surface area contributed by atoms with E-state index in [4.69, 9.17) is 5.73 Å². The normalized spacial score (nSPS) is 10.7. The fourth-order valence-corrected chi connectivity index (χ4v) is 2.29. The van der Waals surface area contributed by atoms with E-state index in [-0.39, 0.29) is 0 Å². The first-order valence-electron chi connectivity index (χ1n) is 6.67. The number of anilines is 2. The number of nitrogen functional groups attached to an aromatic ring is 1. The number of fused-ring (bicyclic) bond motifs is 1. The Balaban J connectivity index is 1.85. The van der Waals surface area contributed by atoms with Gasteiger partial charge in [0.05, 0.1) is 5.52 Å². The number of para-hydroxylation sites is 1. The summed E-state index contributed by atoms with van der Waals surface area (Å²) in [6.45, 7) is 2.79. The van der Waals surface area contributed by atoms with Crippen LogP contribution in [0.1, 0.15) is 11.1 Å². The predicted molar refractivity (Wildman–Crippen MR) is 84.7 cm³/mol. The van der Waals surface area contributed by atoms with Crippen molar-refractivity contribution >= 4 is 22.4 Å². The average Bonchev–Trinajstić information content (AvgIpc) is 2.45. The van der Waals surface area contributed by atoms with Gasteiger partial charge in [0, 0.05) is 17.6 Å². The Morgan fingerprint density at radius 2 is 1.90 bits per heavy atom. The van der Waals surface area contributed by atoms with Crippen molar-refractivity contribution in [3.8, 4) is 0 Å². The molecule has 1 heterocycles. The molecule has 0 unspecified atom stereocenters. The molecule has 0 atom stereocenters. The molecule has 3 nitrogen and oxygen atoms in total. The molecule has 0 amide bonds. The van der Waals surface area contributed by atoms with Crippen LogP contribution in [-0.2, 0) is 6.54 Å². The van der Waals surface area contributed by atoms with Crippen molar-refractivity contribution in [2.45, 2.75) is 13.5 Å². The molecule has 3 aromatic rings. The third kappa shape index (κ3) is 2.57. The van der Waals surface area contributed by atoms with E-state index in [9.17, 15) is 0 Å². The number of benzene rings is 2. The van der Waals surface area contributed by atoms with Crippen LogP contribution in [0.3, 0.4) is 0 Å². The quantitative estimate of drug-likeness (QED) is 0.708. The summed E-state index contributed by atoms with van der Waals surface area (Å²) in [5, 5.41) is 4.55. The van der Waals surface area contributed by atoms with Gasteiger partial charge in [0.25, 0.3) is 0 Å². The van der Waals surface area contributed by atoms with E-state index < -0.39 is 0 Å². The van der Waals surface area contributed by atoms with Crippen molar-refractivity contribution in [2.75, 3.05) is 11.1 Å². The van der Waals surface area contributed by atoms with Crippen LogP contribution in [0.2, 0.25) is 0 Å². The summed E-state index contributed by atoms with van der Waals surface area (Å²) in [5.74, 6) is 0.922. The zero-order valence-corrected chi connectivity index (χ0v) is 11.4. The molecule has 0 aliphatic carbocycles. The van der Waals surface area contributed by atoms with Gasteiger partial charge in [0.15, 0.2) is 0 Å². The first-order valence-corrected chi connectivity index (χ1v) is 6.67. The summed E-state index contributed by atoms with van der Waals surface area (Å²) in [7, 11) is 0. The van der Waals surface area contributed by atoms with E-state index in [2.05, 4.69) is 35.4 Å². The highest BCUT2D eigenvalue weighted by Crippen LogP contribution is 2.20. The standard InChI is InChI=1S/C17H17N3/c1-12-9-14-6-2-3-8-16(14)20-17(12)19-11-13-5-4-7-15(18)10-13/h2-10H,11,18H2,1H3,(H,19,20). The summed E-state index contributed by atoms with van der Waals surface area (Å²) in [6.07, 6.45) is 0. The van der Waals surface area contributed by atoms with E-state index in [1.165, 1.54) is 5.39 Å². The Morgan fingerprint density at radius 1 is 1.05 bits per heavy atom. The lowest BCUT2D eigenvalue weighted by Gasteiger charge is -2.10. The Labute approximate surface area is 118 Å². The van der Waals surface area contributed by atoms with Crippen molar-refractivity contribution < 1.29 is 0 Å². The Bertz CT molecular complexity index is 750. The molecule has 3 heteroatoms. The van der Waals surface area contributed by atoms with Gasteiger partial charge in [-0.15, -0.1) is 0 Å². The molecule has 0 aliphatic heterocycles. The van der Waals surface area contributed by atoms with Crippen LogP contribution >= 0.6 is 0 Å². The Morgan fingerprint density at radius 3 is 2.75 bits per heavy atom. The third-order valence-electron chi connectivity index (χ3n) is 3.33. The fourth-order valence-electron chi connectivity index (χ4n) is 2.29. The molecule has 100 valence electrons. The third-order valence-corrected chi connectivity index (χ3v) is 3.33. The lowest BCUT2D eigenvalue weighted by Crippen LogP contribution is -2.03. The zero-order chi connectivity index (χ0) is 13.9. The number of nitrogens with one attached hydrogen (secondary N) is 1. The second-order valence-corrected chi connectivity index (χ2v) is 4.95. The molecule has 2 aromatic carbocycles. The van der Waals surface area contributed by atoms with E-state index in [1.807, 2.05) is 36.4 Å². The molecule has 20 heavy (non-hydrogen) atoms. The second-order valence-electron chi connectivity index (χ2n) is 4.95. The molecular weight excluding hydrogens is 246 g/mol. The van der Waals surface area contributed by atoms with Gasteiger partial charge in [-0.05, 0) is 42.3 Å². The SMILES string of the molecule is Cc1cc2ccccc2nc1NCc1cccc(N)c1. The van der Waals surface area contributed by atoms with Crippen molar-refractivity contribution in [2.24, 2.45) is 0 Å². The summed E-state index contributed by atoms with van der Waals surface area (Å²) in [5.41, 5.74) is 9.88. The van der Waals surface area contributed by atoms with Crippen LogP contribution in [0.15, 0.2) is 54.6 Å². The first kappa shape index (κ1) is 12.5. The minimum atomic E-state index is 0.719. The summed E-state index contributed by atoms with van der Waals surface area (Å²) >= 11 is 0. The van der Waals surface area contributed by atoms with Gasteiger partial charge >= 0.3 is 0 Å². The maximum absolute atomic E-state index is 5.79. The lowest BCUT2D eigenvalue weighted by molar-refractivity contribution is 1.11. The Hall–Kier alpha value is -2.55. The monoisotopic (exact) mass is 263 g/mol. The molecule has 0 spiro atoms. The van der Waals surface area contributed by atoms with Crippen molar-refractivity contribution in [3.05, 3.63) is 65.7 Å². The van der Waals surface area contributed by atoms with E-state index in [0.717, 1.165) is 34.7 Å². The molecule has 0 aliphatic rings. The van der Waals surface area contributed by atoms with Gasteiger partial charge < -0.3 is 11.1 Å². The van der Waals surface area contributed by atoms with E-state index in [0.29, 0.717) is 0 Å². The fraction of sp³-hybridized carbons (Fsp3) is 0.118. The highest BCUT2D eigenvalue weighted by Gasteiger charge is 2.03. The molecule has 3 N–H and O–H groups in total. The lowest BCUT2D eigenvalue weighted by atomic mass is 10.1. The van der Waals surface area contributed by atoms with Crippen molar-refractivity contribution in [1.82, 2.24) is 4.98 Å². The van der Waals surface area contributed by atoms with E-state index in [1.54, 1.807) is 0 Å². The summed E-state index contributed by atoms with van der Waals surface area (Å²) in [6, 6.07) is 18.2. The first-order chi connectivity index (χ1) is 9.72. The van der Waals surface area contributed by atoms with Crippen molar-refractivity contribution in [3.63, 3.8) is 0 Å². The number of aromatic nitrogens is 1. The smallest absolute Gasteiger partial charge is 0.129 e. The maximum atomic E-state index is 5.79. The van der Waals surface area contributed by atoms with Gasteiger partial charge in [-0.3, -0.25) is 0 Å². The van der Waals surface area contributed by atoms with E-state index >= 15 is 0 Å². The number of hydrogen-bond acceptors (Lipinski definition) is 3. The molecular formula is C17H17N3. The zero-order valence-electron chi connectivity index (χ0n) is 11.4. The topological polar surface area (TPSA) is 50.9 Å². The van der Waals surface area contributed by atoms with Gasteiger partial charge in [0.2, 0.25) is 0 Å². The Kier molecular flexibility index (Phi) is 3.25. The largest absolute Gasteiger partial charge is 0.399 e. The van der Waals surface area contributed by atoms with Gasteiger partial charge in [-0.2, -0.15) is 0 Å². The predicted octanol–water partition coefficient (Wildman–Crippen LogP) is 3.74. The number of pyridine rings is 1. The molecule has 0 bridgehead atoms. The van der Waals surface area contributed by atoms with Crippen LogP contribution in [0.4, 0.5) is 11.5 Å². The van der Waals surface area contributed by atoms with Crippen LogP contribution in [0.25, 0.3) is 10.9 Å². The van der Waals surface area contributed by atoms with Crippen LogP contribution in [-0.4, -0.2) is 4.98 Å². The van der Waals surface area contributed by atoms with Gasteiger partial charge in [0.1, 0.15) is 5.82 Å². The number of nitrogens with zero attached hydrogens (tertiary/aromatic N) is 1.